The standard InChI is InChI=1S/C18H34N4O6.C2H6.CH5N/c1-4-22(18(28)17(19)14(3)26)9-7-5-6-8-21(12-24)10-16(27)20-15(11-23)13(2)25;2*1-2/h11-15,17,25-26H,4-10,19H2,1-3H3,(H,20,27);1-2H3;2H2,1H3. The smallest absolute Gasteiger partial charge is 0.242 e. The van der Waals surface area contributed by atoms with E-state index in [1.807, 2.05) is 20.8 Å². The molecule has 32 heavy (non-hydrogen) atoms. The molecule has 3 amide bonds. The molecule has 0 aromatic carbocycles. The van der Waals surface area contributed by atoms with Crippen molar-refractivity contribution in [2.75, 3.05) is 33.2 Å². The predicted octanol–water partition coefficient (Wildman–Crippen LogP) is -1.16. The molecule has 0 aromatic heterocycles. The van der Waals surface area contributed by atoms with Crippen molar-refractivity contribution in [2.24, 2.45) is 11.5 Å². The highest BCUT2D eigenvalue weighted by Crippen LogP contribution is 2.04. The van der Waals surface area contributed by atoms with E-state index in [9.17, 15) is 29.4 Å². The summed E-state index contributed by atoms with van der Waals surface area (Å²) in [5.41, 5.74) is 10.2. The lowest BCUT2D eigenvalue weighted by molar-refractivity contribution is -0.134. The van der Waals surface area contributed by atoms with Gasteiger partial charge in [0, 0.05) is 19.6 Å². The number of nitrogens with two attached hydrogens (primary N) is 2. The Morgan fingerprint density at radius 1 is 1.00 bits per heavy atom. The summed E-state index contributed by atoms with van der Waals surface area (Å²) in [6, 6.07) is -1.95. The number of carbonyl (C=O) groups is 4. The van der Waals surface area contributed by atoms with Crippen LogP contribution in [0, 0.1) is 0 Å². The topological polar surface area (TPSA) is 179 Å². The molecule has 0 aliphatic carbocycles. The summed E-state index contributed by atoms with van der Waals surface area (Å²) < 4.78 is 0. The van der Waals surface area contributed by atoms with Gasteiger partial charge in [-0.1, -0.05) is 13.8 Å². The number of aliphatic hydroxyl groups is 2. The van der Waals surface area contributed by atoms with Gasteiger partial charge < -0.3 is 41.6 Å². The summed E-state index contributed by atoms with van der Waals surface area (Å²) in [5, 5.41) is 21.1. The third-order valence-electron chi connectivity index (χ3n) is 4.36. The van der Waals surface area contributed by atoms with Crippen LogP contribution >= 0.6 is 0 Å². The van der Waals surface area contributed by atoms with Gasteiger partial charge in [0.1, 0.15) is 18.4 Å². The molecule has 7 N–H and O–H groups in total. The van der Waals surface area contributed by atoms with Gasteiger partial charge in [-0.05, 0) is 47.1 Å². The summed E-state index contributed by atoms with van der Waals surface area (Å²) in [4.78, 5) is 48.7. The lowest BCUT2D eigenvalue weighted by atomic mass is 10.1. The van der Waals surface area contributed by atoms with Crippen LogP contribution in [0.3, 0.4) is 0 Å². The monoisotopic (exact) mass is 463 g/mol. The number of nitrogens with one attached hydrogen (secondary N) is 1. The summed E-state index contributed by atoms with van der Waals surface area (Å²) >= 11 is 0. The number of likely N-dealkylation sites (N-methyl/N-ethyl adjacent to an activating group) is 1. The normalized spacial score (nSPS) is 13.6. The highest BCUT2D eigenvalue weighted by atomic mass is 16.3. The van der Waals surface area contributed by atoms with Gasteiger partial charge in [-0.25, -0.2) is 0 Å². The molecule has 0 aliphatic heterocycles. The van der Waals surface area contributed by atoms with Gasteiger partial charge in [0.25, 0.3) is 0 Å². The number of unbranched alkanes of at least 4 members (excludes halogenated alkanes) is 2. The lowest BCUT2D eigenvalue weighted by Gasteiger charge is -2.25. The summed E-state index contributed by atoms with van der Waals surface area (Å²) in [6.07, 6.45) is 1.12. The van der Waals surface area contributed by atoms with E-state index in [1.165, 1.54) is 25.8 Å². The SMILES string of the molecule is CC.CCN(CCCCCN(C=O)CC(=O)NC(C=O)C(C)O)C(=O)C(N)C(C)O.CN. The van der Waals surface area contributed by atoms with Crippen LogP contribution in [-0.4, -0.2) is 102 Å². The quantitative estimate of drug-likeness (QED) is 0.149. The molecular formula is C21H45N5O6. The second-order valence-corrected chi connectivity index (χ2v) is 6.79. The van der Waals surface area contributed by atoms with Crippen molar-refractivity contribution in [3.05, 3.63) is 0 Å². The van der Waals surface area contributed by atoms with Gasteiger partial charge >= 0.3 is 0 Å². The van der Waals surface area contributed by atoms with E-state index in [4.69, 9.17) is 5.73 Å². The van der Waals surface area contributed by atoms with Crippen LogP contribution in [0.1, 0.15) is 53.9 Å². The van der Waals surface area contributed by atoms with E-state index < -0.39 is 30.2 Å². The number of carbonyl (C=O) groups excluding carboxylic acids is 4. The second-order valence-electron chi connectivity index (χ2n) is 6.79. The van der Waals surface area contributed by atoms with Gasteiger partial charge in [0.2, 0.25) is 18.2 Å². The van der Waals surface area contributed by atoms with Gasteiger partial charge in [-0.3, -0.25) is 14.4 Å². The van der Waals surface area contributed by atoms with Crippen LogP contribution in [0.5, 0.6) is 0 Å². The van der Waals surface area contributed by atoms with Crippen LogP contribution in [0.4, 0.5) is 0 Å². The fourth-order valence-electron chi connectivity index (χ4n) is 2.49. The third kappa shape index (κ3) is 15.7. The Morgan fingerprint density at radius 2 is 1.53 bits per heavy atom. The van der Waals surface area contributed by atoms with Crippen LogP contribution in [0.2, 0.25) is 0 Å². The zero-order valence-corrected chi connectivity index (χ0v) is 20.5. The van der Waals surface area contributed by atoms with Crippen LogP contribution in [0.25, 0.3) is 0 Å². The zero-order chi connectivity index (χ0) is 25.7. The first-order valence-corrected chi connectivity index (χ1v) is 11.1. The molecule has 0 heterocycles. The van der Waals surface area contributed by atoms with Crippen molar-refractivity contribution in [2.45, 2.75) is 78.2 Å². The van der Waals surface area contributed by atoms with E-state index in [0.29, 0.717) is 45.2 Å². The number of rotatable bonds is 15. The van der Waals surface area contributed by atoms with Crippen molar-refractivity contribution >= 4 is 24.5 Å². The molecule has 0 spiro atoms. The Labute approximate surface area is 192 Å². The number of hydrogen-bond acceptors (Lipinski definition) is 8. The molecule has 4 unspecified atom stereocenters. The van der Waals surface area contributed by atoms with Gasteiger partial charge in [-0.15, -0.1) is 0 Å². The molecule has 0 saturated heterocycles. The Balaban J connectivity index is -0.00000198. The van der Waals surface area contributed by atoms with Gasteiger partial charge in [0.05, 0.1) is 18.8 Å². The van der Waals surface area contributed by atoms with Crippen LogP contribution in [-0.2, 0) is 19.2 Å². The number of nitrogens with zero attached hydrogens (tertiary/aromatic N) is 2. The number of amides is 3. The first-order valence-electron chi connectivity index (χ1n) is 11.1. The molecule has 0 aromatic rings. The largest absolute Gasteiger partial charge is 0.391 e. The van der Waals surface area contributed by atoms with Gasteiger partial charge in [0.15, 0.2) is 0 Å². The van der Waals surface area contributed by atoms with E-state index in [0.717, 1.165) is 6.42 Å². The Morgan fingerprint density at radius 3 is 1.94 bits per heavy atom. The maximum Gasteiger partial charge on any atom is 0.242 e. The van der Waals surface area contributed by atoms with Crippen molar-refractivity contribution in [1.29, 1.82) is 0 Å². The maximum absolute atomic E-state index is 12.1. The van der Waals surface area contributed by atoms with Crippen molar-refractivity contribution in [3.8, 4) is 0 Å². The molecule has 11 nitrogen and oxygen atoms in total. The lowest BCUT2D eigenvalue weighted by Crippen LogP contribution is -2.49. The fourth-order valence-corrected chi connectivity index (χ4v) is 2.49. The van der Waals surface area contributed by atoms with E-state index in [-0.39, 0.29) is 12.5 Å². The van der Waals surface area contributed by atoms with Crippen molar-refractivity contribution in [1.82, 2.24) is 15.1 Å². The highest BCUT2D eigenvalue weighted by molar-refractivity contribution is 5.83. The first-order chi connectivity index (χ1) is 15.2. The summed E-state index contributed by atoms with van der Waals surface area (Å²) in [7, 11) is 1.50. The van der Waals surface area contributed by atoms with Gasteiger partial charge in [-0.2, -0.15) is 0 Å². The molecule has 190 valence electrons. The Kier molecular flexibility index (Phi) is 23.9. The molecule has 0 rings (SSSR count). The summed E-state index contributed by atoms with van der Waals surface area (Å²) in [6.45, 7) is 9.81. The molecule has 0 saturated carbocycles. The van der Waals surface area contributed by atoms with Crippen molar-refractivity contribution < 1.29 is 29.4 Å². The fraction of sp³-hybridized carbons (Fsp3) is 0.810. The Hall–Kier alpha value is -2.08. The van der Waals surface area contributed by atoms with Crippen molar-refractivity contribution in [3.63, 3.8) is 0 Å². The number of aldehydes is 1. The average Bonchev–Trinajstić information content (AvgIpc) is 2.80. The Bertz CT molecular complexity index is 505. The molecular weight excluding hydrogens is 418 g/mol. The average molecular weight is 464 g/mol. The predicted molar refractivity (Wildman–Crippen MR) is 125 cm³/mol. The molecule has 11 heteroatoms. The van der Waals surface area contributed by atoms with Crippen LogP contribution in [0.15, 0.2) is 0 Å². The number of aliphatic hydroxyl groups excluding tert-OH is 2. The number of hydrogen-bond donors (Lipinski definition) is 5. The first kappa shape index (κ1) is 34.5. The third-order valence-corrected chi connectivity index (χ3v) is 4.36. The van der Waals surface area contributed by atoms with E-state index >= 15 is 0 Å². The minimum atomic E-state index is -1.02. The molecule has 4 atom stereocenters. The van der Waals surface area contributed by atoms with E-state index in [2.05, 4.69) is 11.1 Å². The maximum atomic E-state index is 12.1. The minimum absolute atomic E-state index is 0.205. The van der Waals surface area contributed by atoms with E-state index in [1.54, 1.807) is 4.90 Å². The highest BCUT2D eigenvalue weighted by Gasteiger charge is 2.23. The molecule has 0 radical (unpaired) electrons. The molecule has 0 aliphatic rings. The molecule has 0 bridgehead atoms. The summed E-state index contributed by atoms with van der Waals surface area (Å²) in [5.74, 6) is -0.827. The minimum Gasteiger partial charge on any atom is -0.391 e. The second kappa shape index (κ2) is 22.1. The zero-order valence-electron chi connectivity index (χ0n) is 20.5. The van der Waals surface area contributed by atoms with Crippen LogP contribution < -0.4 is 16.8 Å². The molecule has 0 fully saturated rings.